The Morgan fingerprint density at radius 2 is 2.10 bits per heavy atom. The highest BCUT2D eigenvalue weighted by molar-refractivity contribution is 5.82. The normalized spacial score (nSPS) is 32.3. The van der Waals surface area contributed by atoms with Gasteiger partial charge in [0.15, 0.2) is 0 Å². The Bertz CT molecular complexity index is 803. The number of anilines is 1. The minimum atomic E-state index is 0.116. The van der Waals surface area contributed by atoms with E-state index in [4.69, 9.17) is 9.47 Å². The quantitative estimate of drug-likeness (QED) is 0.663. The predicted molar refractivity (Wildman–Crippen MR) is 115 cm³/mol. The van der Waals surface area contributed by atoms with Crippen LogP contribution in [-0.4, -0.2) is 78.4 Å². The summed E-state index contributed by atoms with van der Waals surface area (Å²) >= 11 is 0. The molecular weight excluding hydrogens is 396 g/mol. The summed E-state index contributed by atoms with van der Waals surface area (Å²) in [6, 6.07) is 2.62. The number of rotatable bonds is 7. The monoisotopic (exact) mass is 430 g/mol. The van der Waals surface area contributed by atoms with Crippen LogP contribution in [0.15, 0.2) is 12.4 Å². The third-order valence-electron chi connectivity index (χ3n) is 7.31. The second kappa shape index (κ2) is 8.61. The van der Waals surface area contributed by atoms with E-state index in [1.165, 1.54) is 12.8 Å². The largest absolute Gasteiger partial charge is 0.383 e. The van der Waals surface area contributed by atoms with Gasteiger partial charge in [0.2, 0.25) is 5.91 Å². The number of hydrazine groups is 1. The zero-order chi connectivity index (χ0) is 21.4. The van der Waals surface area contributed by atoms with E-state index in [-0.39, 0.29) is 17.6 Å². The van der Waals surface area contributed by atoms with Gasteiger partial charge in [0.25, 0.3) is 0 Å². The molecule has 9 heteroatoms. The van der Waals surface area contributed by atoms with E-state index < -0.39 is 0 Å². The maximum Gasteiger partial charge on any atom is 0.242 e. The Balaban J connectivity index is 1.25. The molecule has 2 saturated carbocycles. The third-order valence-corrected chi connectivity index (χ3v) is 7.31. The molecule has 0 radical (unpaired) electrons. The Morgan fingerprint density at radius 1 is 1.23 bits per heavy atom. The van der Waals surface area contributed by atoms with Crippen molar-refractivity contribution in [3.63, 3.8) is 0 Å². The minimum absolute atomic E-state index is 0.116. The molecule has 170 valence electrons. The number of carbonyl (C=O) groups is 1. The smallest absolute Gasteiger partial charge is 0.242 e. The molecule has 2 N–H and O–H groups in total. The van der Waals surface area contributed by atoms with E-state index in [1.807, 2.05) is 11.0 Å². The summed E-state index contributed by atoms with van der Waals surface area (Å²) < 4.78 is 11.5. The second-order valence-corrected chi connectivity index (χ2v) is 9.64. The Morgan fingerprint density at radius 3 is 2.87 bits per heavy atom. The number of carbonyl (C=O) groups excluding carboxylic acids is 1. The first kappa shape index (κ1) is 21.1. The SMILES string of the molecule is COCCN1CCN(c2cc(C3NNC4CCC(OC5(C)CC5)CC43)ncn2)CC1=O. The molecule has 31 heavy (non-hydrogen) atoms. The number of nitrogens with one attached hydrogen (secondary N) is 2. The molecular formula is C22H34N6O3. The van der Waals surface area contributed by atoms with E-state index in [0.717, 1.165) is 37.3 Å². The van der Waals surface area contributed by atoms with Gasteiger partial charge in [0.05, 0.1) is 36.6 Å². The van der Waals surface area contributed by atoms with E-state index in [2.05, 4.69) is 32.6 Å². The fraction of sp³-hybridized carbons (Fsp3) is 0.773. The lowest BCUT2D eigenvalue weighted by atomic mass is 9.79. The van der Waals surface area contributed by atoms with Gasteiger partial charge >= 0.3 is 0 Å². The highest BCUT2D eigenvalue weighted by Crippen LogP contribution is 2.45. The van der Waals surface area contributed by atoms with Crippen LogP contribution in [0.5, 0.6) is 0 Å². The van der Waals surface area contributed by atoms with Crippen molar-refractivity contribution in [2.24, 2.45) is 5.92 Å². The highest BCUT2D eigenvalue weighted by atomic mass is 16.5. The average molecular weight is 431 g/mol. The number of amides is 1. The number of ether oxygens (including phenoxy) is 2. The molecule has 4 aliphatic rings. The summed E-state index contributed by atoms with van der Waals surface area (Å²) in [6.07, 6.45) is 7.60. The first-order chi connectivity index (χ1) is 15.0. The number of hydrogen-bond acceptors (Lipinski definition) is 8. The molecule has 2 aliphatic carbocycles. The molecule has 2 aliphatic heterocycles. The van der Waals surface area contributed by atoms with Crippen molar-refractivity contribution in [2.45, 2.75) is 62.8 Å². The third kappa shape index (κ3) is 4.55. The van der Waals surface area contributed by atoms with Gasteiger partial charge in [-0.15, -0.1) is 0 Å². The van der Waals surface area contributed by atoms with Crippen LogP contribution >= 0.6 is 0 Å². The maximum absolute atomic E-state index is 12.5. The zero-order valence-electron chi connectivity index (χ0n) is 18.5. The van der Waals surface area contributed by atoms with E-state index >= 15 is 0 Å². The van der Waals surface area contributed by atoms with Gasteiger partial charge in [0, 0.05) is 44.8 Å². The predicted octanol–water partition coefficient (Wildman–Crippen LogP) is 1.03. The number of aromatic nitrogens is 2. The standard InChI is InChI=1S/C22H34N6O3/c1-22(5-6-22)31-15-3-4-17-16(11-15)21(26-25-17)18-12-19(24-14-23-18)28-8-7-27(9-10-30-2)20(29)13-28/h12,14-17,21,25-26H,3-11,13H2,1-2H3. The first-order valence-corrected chi connectivity index (χ1v) is 11.6. The molecule has 4 fully saturated rings. The number of fused-ring (bicyclic) bond motifs is 1. The molecule has 9 nitrogen and oxygen atoms in total. The molecule has 2 saturated heterocycles. The van der Waals surface area contributed by atoms with Crippen molar-refractivity contribution in [2.75, 3.05) is 44.8 Å². The maximum atomic E-state index is 12.5. The fourth-order valence-corrected chi connectivity index (χ4v) is 5.16. The topological polar surface area (TPSA) is 91.8 Å². The number of methoxy groups -OCH3 is 1. The van der Waals surface area contributed by atoms with Crippen LogP contribution in [0.2, 0.25) is 0 Å². The molecule has 3 heterocycles. The number of hydrogen-bond donors (Lipinski definition) is 2. The Labute approximate surface area is 183 Å². The van der Waals surface area contributed by atoms with Crippen LogP contribution in [0.1, 0.15) is 50.8 Å². The average Bonchev–Trinajstić information content (AvgIpc) is 3.35. The second-order valence-electron chi connectivity index (χ2n) is 9.64. The molecule has 4 unspecified atom stereocenters. The van der Waals surface area contributed by atoms with Gasteiger partial charge in [0.1, 0.15) is 12.1 Å². The van der Waals surface area contributed by atoms with Crippen molar-refractivity contribution >= 4 is 11.7 Å². The van der Waals surface area contributed by atoms with Crippen molar-refractivity contribution in [1.29, 1.82) is 0 Å². The summed E-state index contributed by atoms with van der Waals surface area (Å²) in [6.45, 7) is 5.24. The Hall–Kier alpha value is -1.81. The molecule has 0 bridgehead atoms. The van der Waals surface area contributed by atoms with E-state index in [9.17, 15) is 4.79 Å². The van der Waals surface area contributed by atoms with Crippen LogP contribution in [-0.2, 0) is 14.3 Å². The number of nitrogens with zero attached hydrogens (tertiary/aromatic N) is 4. The van der Waals surface area contributed by atoms with Crippen LogP contribution in [0.4, 0.5) is 5.82 Å². The van der Waals surface area contributed by atoms with E-state index in [1.54, 1.807) is 13.4 Å². The molecule has 4 atom stereocenters. The van der Waals surface area contributed by atoms with Gasteiger partial charge < -0.3 is 19.3 Å². The fourth-order valence-electron chi connectivity index (χ4n) is 5.16. The summed E-state index contributed by atoms with van der Waals surface area (Å²) in [5, 5.41) is 0. The van der Waals surface area contributed by atoms with Crippen molar-refractivity contribution in [1.82, 2.24) is 25.7 Å². The lowest BCUT2D eigenvalue weighted by Gasteiger charge is -2.35. The van der Waals surface area contributed by atoms with Crippen LogP contribution in [0.25, 0.3) is 0 Å². The molecule has 0 aromatic carbocycles. The number of piperazine rings is 1. The first-order valence-electron chi connectivity index (χ1n) is 11.6. The summed E-state index contributed by atoms with van der Waals surface area (Å²) in [7, 11) is 1.66. The van der Waals surface area contributed by atoms with Crippen LogP contribution in [0, 0.1) is 5.92 Å². The van der Waals surface area contributed by atoms with Gasteiger partial charge in [-0.05, 0) is 39.0 Å². The molecule has 1 aromatic heterocycles. The molecule has 5 rings (SSSR count). The van der Waals surface area contributed by atoms with Crippen molar-refractivity contribution in [3.05, 3.63) is 18.1 Å². The Kier molecular flexibility index (Phi) is 5.85. The van der Waals surface area contributed by atoms with Gasteiger partial charge in [-0.3, -0.25) is 10.2 Å². The van der Waals surface area contributed by atoms with Crippen molar-refractivity contribution < 1.29 is 14.3 Å². The lowest BCUT2D eigenvalue weighted by Crippen LogP contribution is -2.51. The van der Waals surface area contributed by atoms with Gasteiger partial charge in [-0.1, -0.05) is 0 Å². The summed E-state index contributed by atoms with van der Waals surface area (Å²) in [5.74, 6) is 1.38. The molecule has 0 spiro atoms. The van der Waals surface area contributed by atoms with Crippen LogP contribution < -0.4 is 15.8 Å². The molecule has 1 amide bonds. The lowest BCUT2D eigenvalue weighted by molar-refractivity contribution is -0.131. The highest BCUT2D eigenvalue weighted by Gasteiger charge is 2.46. The summed E-state index contributed by atoms with van der Waals surface area (Å²) in [4.78, 5) is 25.5. The van der Waals surface area contributed by atoms with Crippen LogP contribution in [0.3, 0.4) is 0 Å². The van der Waals surface area contributed by atoms with E-state index in [0.29, 0.717) is 44.3 Å². The minimum Gasteiger partial charge on any atom is -0.383 e. The summed E-state index contributed by atoms with van der Waals surface area (Å²) in [5.41, 5.74) is 8.07. The van der Waals surface area contributed by atoms with Crippen molar-refractivity contribution in [3.8, 4) is 0 Å². The van der Waals surface area contributed by atoms with Gasteiger partial charge in [-0.25, -0.2) is 15.4 Å². The zero-order valence-corrected chi connectivity index (χ0v) is 18.5. The molecule has 1 aromatic rings. The van der Waals surface area contributed by atoms with Gasteiger partial charge in [-0.2, -0.15) is 0 Å².